The molecule has 1 aliphatic heterocycles. The summed E-state index contributed by atoms with van der Waals surface area (Å²) in [4.78, 5) is 40.1. The zero-order valence-electron chi connectivity index (χ0n) is 15.8. The van der Waals surface area contributed by atoms with Crippen LogP contribution in [0.1, 0.15) is 21.8 Å². The zero-order valence-corrected chi connectivity index (χ0v) is 16.6. The van der Waals surface area contributed by atoms with Crippen LogP contribution in [-0.4, -0.2) is 44.9 Å². The Morgan fingerprint density at radius 1 is 1.10 bits per heavy atom. The van der Waals surface area contributed by atoms with Gasteiger partial charge in [-0.15, -0.1) is 0 Å². The van der Waals surface area contributed by atoms with E-state index in [1.54, 1.807) is 66.8 Å². The highest BCUT2D eigenvalue weighted by atomic mass is 32.2. The monoisotopic (exact) mass is 405 g/mol. The maximum Gasteiger partial charge on any atom is 0.266 e. The van der Waals surface area contributed by atoms with Crippen LogP contribution in [0, 0.1) is 0 Å². The van der Waals surface area contributed by atoms with Gasteiger partial charge >= 0.3 is 0 Å². The topological polar surface area (TPSA) is 80.5 Å². The molecule has 3 heterocycles. The van der Waals surface area contributed by atoms with E-state index in [0.29, 0.717) is 23.5 Å². The molecule has 0 N–H and O–H groups in total. The first-order valence-electron chi connectivity index (χ1n) is 9.15. The summed E-state index contributed by atoms with van der Waals surface area (Å²) in [5.74, 6) is -0.260. The number of aryl methyl sites for hydroxylation is 1. The third-order valence-corrected chi connectivity index (χ3v) is 5.62. The molecule has 146 valence electrons. The number of carbonyl (C=O) groups excluding carboxylic acids is 2. The number of aromatic nitrogens is 3. The molecule has 0 aliphatic carbocycles. The Bertz CT molecular complexity index is 1060. The van der Waals surface area contributed by atoms with Gasteiger partial charge in [0.1, 0.15) is 5.82 Å². The highest BCUT2D eigenvalue weighted by Crippen LogP contribution is 2.31. The van der Waals surface area contributed by atoms with Gasteiger partial charge in [0.05, 0.1) is 5.92 Å². The molecule has 1 unspecified atom stereocenters. The van der Waals surface area contributed by atoms with Gasteiger partial charge in [0.25, 0.3) is 5.91 Å². The van der Waals surface area contributed by atoms with Gasteiger partial charge in [-0.1, -0.05) is 36.0 Å². The molecule has 2 amide bonds. The molecule has 0 saturated heterocycles. The lowest BCUT2D eigenvalue weighted by Gasteiger charge is -2.30. The summed E-state index contributed by atoms with van der Waals surface area (Å²) >= 11 is 1.60. The number of anilines is 1. The lowest BCUT2D eigenvalue weighted by molar-refractivity contribution is -0.118. The second-order valence-electron chi connectivity index (χ2n) is 6.46. The highest BCUT2D eigenvalue weighted by molar-refractivity contribution is 7.99. The van der Waals surface area contributed by atoms with Crippen LogP contribution in [0.5, 0.6) is 0 Å². The van der Waals surface area contributed by atoms with Crippen LogP contribution < -0.4 is 4.90 Å². The van der Waals surface area contributed by atoms with E-state index >= 15 is 0 Å². The lowest BCUT2D eigenvalue weighted by atomic mass is 9.89. The third kappa shape index (κ3) is 3.84. The van der Waals surface area contributed by atoms with E-state index in [2.05, 4.69) is 15.0 Å². The first kappa shape index (κ1) is 19.1. The van der Waals surface area contributed by atoms with Crippen molar-refractivity contribution >= 4 is 35.6 Å². The average Bonchev–Trinajstić information content (AvgIpc) is 3.15. The fourth-order valence-corrected chi connectivity index (χ4v) is 3.94. The normalized spacial score (nSPS) is 16.4. The van der Waals surface area contributed by atoms with E-state index in [1.165, 1.54) is 0 Å². The van der Waals surface area contributed by atoms with Gasteiger partial charge in [-0.3, -0.25) is 14.6 Å². The van der Waals surface area contributed by atoms with Crippen molar-refractivity contribution in [3.8, 4) is 0 Å². The quantitative estimate of drug-likeness (QED) is 0.273. The summed E-state index contributed by atoms with van der Waals surface area (Å²) in [5, 5.41) is 0.922. The van der Waals surface area contributed by atoms with Crippen molar-refractivity contribution in [3.63, 3.8) is 0 Å². The zero-order chi connectivity index (χ0) is 20.2. The second kappa shape index (κ2) is 8.40. The summed E-state index contributed by atoms with van der Waals surface area (Å²) in [6.45, 7) is 0.543. The number of hydrogen-bond donors (Lipinski definition) is 0. The molecular formula is C21H19N5O2S. The number of amides is 2. The molecule has 3 aromatic rings. The average molecular weight is 405 g/mol. The van der Waals surface area contributed by atoms with Gasteiger partial charge in [0.15, 0.2) is 5.16 Å². The van der Waals surface area contributed by atoms with Crippen LogP contribution in [0.4, 0.5) is 5.82 Å². The largest absolute Gasteiger partial charge is 0.329 e. The van der Waals surface area contributed by atoms with Crippen LogP contribution >= 0.6 is 11.8 Å². The molecule has 0 saturated carbocycles. The molecule has 0 fully saturated rings. The highest BCUT2D eigenvalue weighted by Gasteiger charge is 2.39. The van der Waals surface area contributed by atoms with E-state index in [9.17, 15) is 9.59 Å². The number of benzene rings is 1. The number of aliphatic imine (C=N–C) groups is 1. The minimum atomic E-state index is -0.621. The van der Waals surface area contributed by atoms with Crippen LogP contribution in [0.15, 0.2) is 71.2 Å². The SMILES string of the molecule is Cn1ccnc1SCCN=CC1C(=O)N(c2ccccn2)C(=O)c2ccccc21. The van der Waals surface area contributed by atoms with Crippen molar-refractivity contribution in [2.75, 3.05) is 17.2 Å². The van der Waals surface area contributed by atoms with Crippen molar-refractivity contribution in [1.82, 2.24) is 14.5 Å². The van der Waals surface area contributed by atoms with E-state index in [4.69, 9.17) is 0 Å². The Morgan fingerprint density at radius 3 is 2.69 bits per heavy atom. The van der Waals surface area contributed by atoms with E-state index in [1.807, 2.05) is 23.9 Å². The molecule has 2 aromatic heterocycles. The Hall–Kier alpha value is -3.26. The Labute approximate surface area is 172 Å². The van der Waals surface area contributed by atoms with Crippen LogP contribution in [0.2, 0.25) is 0 Å². The van der Waals surface area contributed by atoms with E-state index in [-0.39, 0.29) is 11.8 Å². The number of pyridine rings is 1. The number of nitrogens with zero attached hydrogens (tertiary/aromatic N) is 5. The number of thioether (sulfide) groups is 1. The number of hydrogen-bond acceptors (Lipinski definition) is 6. The number of rotatable bonds is 6. The summed E-state index contributed by atoms with van der Waals surface area (Å²) in [5.41, 5.74) is 1.17. The maximum atomic E-state index is 13.1. The van der Waals surface area contributed by atoms with Gasteiger partial charge < -0.3 is 4.57 Å². The Balaban J connectivity index is 1.54. The molecule has 8 heteroatoms. The van der Waals surface area contributed by atoms with Gasteiger partial charge in [-0.25, -0.2) is 14.9 Å². The molecule has 1 aromatic carbocycles. The predicted octanol–water partition coefficient (Wildman–Crippen LogP) is 2.95. The smallest absolute Gasteiger partial charge is 0.266 e. The molecule has 1 atom stereocenters. The number of fused-ring (bicyclic) bond motifs is 1. The molecule has 1 aliphatic rings. The maximum absolute atomic E-state index is 13.1. The molecular weight excluding hydrogens is 386 g/mol. The first-order chi connectivity index (χ1) is 14.2. The summed E-state index contributed by atoms with van der Waals surface area (Å²) in [7, 11) is 1.94. The van der Waals surface area contributed by atoms with Crippen molar-refractivity contribution in [2.45, 2.75) is 11.1 Å². The fraction of sp³-hybridized carbons (Fsp3) is 0.190. The minimum absolute atomic E-state index is 0.320. The minimum Gasteiger partial charge on any atom is -0.329 e. The van der Waals surface area contributed by atoms with Crippen molar-refractivity contribution in [1.29, 1.82) is 0 Å². The molecule has 0 bridgehead atoms. The molecule has 0 radical (unpaired) electrons. The second-order valence-corrected chi connectivity index (χ2v) is 7.52. The van der Waals surface area contributed by atoms with Gasteiger partial charge in [-0.05, 0) is 23.8 Å². The van der Waals surface area contributed by atoms with Crippen LogP contribution in [0.25, 0.3) is 0 Å². The third-order valence-electron chi connectivity index (χ3n) is 4.58. The lowest BCUT2D eigenvalue weighted by Crippen LogP contribution is -2.46. The Morgan fingerprint density at radius 2 is 1.93 bits per heavy atom. The van der Waals surface area contributed by atoms with Crippen LogP contribution in [-0.2, 0) is 11.8 Å². The van der Waals surface area contributed by atoms with E-state index < -0.39 is 5.92 Å². The summed E-state index contributed by atoms with van der Waals surface area (Å²) in [6.07, 6.45) is 6.86. The standard InChI is InChI=1S/C21H19N5O2S/c1-25-12-10-24-21(25)29-13-11-22-14-17-15-6-2-3-7-16(15)19(27)26(20(17)28)18-8-4-5-9-23-18/h2-10,12,14,17H,11,13H2,1H3. The molecule has 29 heavy (non-hydrogen) atoms. The summed E-state index contributed by atoms with van der Waals surface area (Å²) in [6, 6.07) is 12.3. The number of imidazole rings is 1. The van der Waals surface area contributed by atoms with Crippen molar-refractivity contribution in [3.05, 3.63) is 72.2 Å². The van der Waals surface area contributed by atoms with Crippen molar-refractivity contribution in [2.24, 2.45) is 12.0 Å². The number of imide groups is 1. The van der Waals surface area contributed by atoms with Gasteiger partial charge in [-0.2, -0.15) is 0 Å². The summed E-state index contributed by atoms with van der Waals surface area (Å²) < 4.78 is 1.95. The Kier molecular flexibility index (Phi) is 5.53. The van der Waals surface area contributed by atoms with Crippen LogP contribution in [0.3, 0.4) is 0 Å². The first-order valence-corrected chi connectivity index (χ1v) is 10.1. The molecule has 0 spiro atoms. The number of carbonyl (C=O) groups is 2. The fourth-order valence-electron chi connectivity index (χ4n) is 3.16. The van der Waals surface area contributed by atoms with E-state index in [0.717, 1.165) is 15.8 Å². The van der Waals surface area contributed by atoms with Crippen molar-refractivity contribution < 1.29 is 9.59 Å². The molecule has 7 nitrogen and oxygen atoms in total. The van der Waals surface area contributed by atoms with Gasteiger partial charge in [0.2, 0.25) is 5.91 Å². The van der Waals surface area contributed by atoms with Gasteiger partial charge in [0, 0.05) is 49.7 Å². The molecule has 4 rings (SSSR count). The predicted molar refractivity (Wildman–Crippen MR) is 113 cm³/mol.